The molecule has 30 heavy (non-hydrogen) atoms. The third-order valence-electron chi connectivity index (χ3n) is 4.53. The summed E-state index contributed by atoms with van der Waals surface area (Å²) < 4.78 is 32.8. The van der Waals surface area contributed by atoms with Gasteiger partial charge in [0.2, 0.25) is 10.0 Å². The Morgan fingerprint density at radius 3 is 2.53 bits per heavy atom. The van der Waals surface area contributed by atoms with Crippen molar-refractivity contribution in [3.05, 3.63) is 70.7 Å². The van der Waals surface area contributed by atoms with Crippen molar-refractivity contribution in [2.75, 3.05) is 7.11 Å². The first kappa shape index (κ1) is 22.1. The first-order valence-electron chi connectivity index (χ1n) is 9.37. The van der Waals surface area contributed by atoms with Crippen LogP contribution in [0.5, 0.6) is 5.75 Å². The molecule has 0 unspecified atom stereocenters. The standard InChI is InChI=1S/C22H23ClN2O4S/c1-14(2)25-30(27,28)16-9-10-20(23)18(12-16)22(26)24-13-19-17-7-5-4-6-15(17)8-11-21(19)29-3/h4-12,14,25H,13H2,1-3H3,(H,24,26). The number of halogens is 1. The quantitative estimate of drug-likeness (QED) is 0.571. The fraction of sp³-hybridized carbons (Fsp3) is 0.227. The summed E-state index contributed by atoms with van der Waals surface area (Å²) in [6, 6.07) is 15.4. The molecule has 158 valence electrons. The maximum absolute atomic E-state index is 12.8. The van der Waals surface area contributed by atoms with Crippen molar-refractivity contribution in [1.29, 1.82) is 0 Å². The molecule has 1 amide bonds. The second kappa shape index (κ2) is 9.04. The Morgan fingerprint density at radius 2 is 1.83 bits per heavy atom. The van der Waals surface area contributed by atoms with Crippen molar-refractivity contribution in [3.8, 4) is 5.75 Å². The van der Waals surface area contributed by atoms with Crippen LogP contribution in [0.1, 0.15) is 29.8 Å². The number of amides is 1. The van der Waals surface area contributed by atoms with Crippen molar-refractivity contribution in [2.24, 2.45) is 0 Å². The number of rotatable bonds is 7. The van der Waals surface area contributed by atoms with Gasteiger partial charge in [-0.15, -0.1) is 0 Å². The monoisotopic (exact) mass is 446 g/mol. The molecule has 0 aliphatic carbocycles. The number of carbonyl (C=O) groups is 1. The number of hydrogen-bond donors (Lipinski definition) is 2. The minimum atomic E-state index is -3.75. The number of methoxy groups -OCH3 is 1. The van der Waals surface area contributed by atoms with Crippen molar-refractivity contribution < 1.29 is 17.9 Å². The number of ether oxygens (including phenoxy) is 1. The lowest BCUT2D eigenvalue weighted by Crippen LogP contribution is -2.30. The van der Waals surface area contributed by atoms with E-state index in [4.69, 9.17) is 16.3 Å². The molecule has 0 aliphatic heterocycles. The number of sulfonamides is 1. The third kappa shape index (κ3) is 4.75. The molecule has 0 bridgehead atoms. The van der Waals surface area contributed by atoms with Crippen LogP contribution in [0.2, 0.25) is 5.02 Å². The summed E-state index contributed by atoms with van der Waals surface area (Å²) in [4.78, 5) is 12.8. The molecule has 0 aromatic heterocycles. The van der Waals surface area contributed by atoms with Gasteiger partial charge in [0.05, 0.1) is 22.6 Å². The van der Waals surface area contributed by atoms with Gasteiger partial charge in [0, 0.05) is 18.2 Å². The first-order valence-corrected chi connectivity index (χ1v) is 11.2. The van der Waals surface area contributed by atoms with Crippen LogP contribution in [0.25, 0.3) is 10.8 Å². The Morgan fingerprint density at radius 1 is 1.10 bits per heavy atom. The van der Waals surface area contributed by atoms with Gasteiger partial charge >= 0.3 is 0 Å². The highest BCUT2D eigenvalue weighted by Crippen LogP contribution is 2.28. The Kier molecular flexibility index (Phi) is 6.65. The van der Waals surface area contributed by atoms with Gasteiger partial charge < -0.3 is 10.1 Å². The summed E-state index contributed by atoms with van der Waals surface area (Å²) >= 11 is 6.18. The molecule has 6 nitrogen and oxygen atoms in total. The van der Waals surface area contributed by atoms with Crippen molar-refractivity contribution in [1.82, 2.24) is 10.0 Å². The van der Waals surface area contributed by atoms with Crippen LogP contribution >= 0.6 is 11.6 Å². The van der Waals surface area contributed by atoms with E-state index in [1.54, 1.807) is 21.0 Å². The van der Waals surface area contributed by atoms with Crippen LogP contribution in [-0.2, 0) is 16.6 Å². The molecule has 8 heteroatoms. The molecule has 3 aromatic rings. The van der Waals surface area contributed by atoms with Crippen LogP contribution in [-0.4, -0.2) is 27.5 Å². The van der Waals surface area contributed by atoms with Gasteiger partial charge in [-0.2, -0.15) is 0 Å². The van der Waals surface area contributed by atoms with Gasteiger partial charge in [-0.25, -0.2) is 13.1 Å². The second-order valence-corrected chi connectivity index (χ2v) is 9.19. The SMILES string of the molecule is COc1ccc2ccccc2c1CNC(=O)c1cc(S(=O)(=O)NC(C)C)ccc1Cl. The molecule has 3 rings (SSSR count). The van der Waals surface area contributed by atoms with Crippen LogP contribution in [0.3, 0.4) is 0 Å². The first-order chi connectivity index (χ1) is 14.2. The normalized spacial score (nSPS) is 11.6. The van der Waals surface area contributed by atoms with Crippen LogP contribution in [0, 0.1) is 0 Å². The average molecular weight is 447 g/mol. The summed E-state index contributed by atoms with van der Waals surface area (Å²) in [6.45, 7) is 3.64. The van der Waals surface area contributed by atoms with E-state index in [0.717, 1.165) is 16.3 Å². The van der Waals surface area contributed by atoms with Gasteiger partial charge in [-0.05, 0) is 48.9 Å². The number of benzene rings is 3. The average Bonchev–Trinajstić information content (AvgIpc) is 2.70. The van der Waals surface area contributed by atoms with E-state index in [0.29, 0.717) is 5.75 Å². The van der Waals surface area contributed by atoms with Crippen molar-refractivity contribution in [2.45, 2.75) is 31.3 Å². The third-order valence-corrected chi connectivity index (χ3v) is 6.51. The summed E-state index contributed by atoms with van der Waals surface area (Å²) in [7, 11) is -2.18. The summed E-state index contributed by atoms with van der Waals surface area (Å²) in [5.74, 6) is 0.175. The van der Waals surface area contributed by atoms with Gasteiger partial charge in [-0.1, -0.05) is 41.9 Å². The number of fused-ring (bicyclic) bond motifs is 1. The largest absolute Gasteiger partial charge is 0.496 e. The Bertz CT molecular complexity index is 1190. The number of hydrogen-bond acceptors (Lipinski definition) is 4. The maximum Gasteiger partial charge on any atom is 0.253 e. The lowest BCUT2D eigenvalue weighted by atomic mass is 10.0. The minimum Gasteiger partial charge on any atom is -0.496 e. The predicted octanol–water partition coefficient (Wildman–Crippen LogP) is 4.12. The van der Waals surface area contributed by atoms with Gasteiger partial charge in [0.15, 0.2) is 0 Å². The maximum atomic E-state index is 12.8. The number of carbonyl (C=O) groups excluding carboxylic acids is 1. The predicted molar refractivity (Wildman–Crippen MR) is 119 cm³/mol. The lowest BCUT2D eigenvalue weighted by molar-refractivity contribution is 0.0951. The topological polar surface area (TPSA) is 84.5 Å². The summed E-state index contributed by atoms with van der Waals surface area (Å²) in [5, 5.41) is 4.97. The van der Waals surface area contributed by atoms with E-state index in [2.05, 4.69) is 10.0 Å². The van der Waals surface area contributed by atoms with Crippen LogP contribution < -0.4 is 14.8 Å². The Hall–Kier alpha value is -2.61. The van der Waals surface area contributed by atoms with E-state index in [9.17, 15) is 13.2 Å². The smallest absolute Gasteiger partial charge is 0.253 e. The lowest BCUT2D eigenvalue weighted by Gasteiger charge is -2.14. The molecule has 0 saturated carbocycles. The highest BCUT2D eigenvalue weighted by molar-refractivity contribution is 7.89. The van der Waals surface area contributed by atoms with Gasteiger partial charge in [0.25, 0.3) is 5.91 Å². The fourth-order valence-electron chi connectivity index (χ4n) is 3.18. The molecular weight excluding hydrogens is 424 g/mol. The van der Waals surface area contributed by atoms with Crippen molar-refractivity contribution >= 4 is 38.3 Å². The molecule has 0 saturated heterocycles. The van der Waals surface area contributed by atoms with E-state index in [1.165, 1.54) is 18.2 Å². The Balaban J connectivity index is 1.89. The summed E-state index contributed by atoms with van der Waals surface area (Å²) in [6.07, 6.45) is 0. The zero-order valence-corrected chi connectivity index (χ0v) is 18.5. The van der Waals surface area contributed by atoms with E-state index >= 15 is 0 Å². The molecule has 3 aromatic carbocycles. The Labute approximate surface area is 181 Å². The highest BCUT2D eigenvalue weighted by Gasteiger charge is 2.20. The highest BCUT2D eigenvalue weighted by atomic mass is 35.5. The molecule has 0 heterocycles. The van der Waals surface area contributed by atoms with Crippen LogP contribution in [0.4, 0.5) is 0 Å². The van der Waals surface area contributed by atoms with Crippen LogP contribution in [0.15, 0.2) is 59.5 Å². The fourth-order valence-corrected chi connectivity index (χ4v) is 4.66. The molecule has 0 atom stereocenters. The minimum absolute atomic E-state index is 0.0199. The molecule has 0 radical (unpaired) electrons. The van der Waals surface area contributed by atoms with Gasteiger partial charge in [0.1, 0.15) is 5.75 Å². The zero-order valence-electron chi connectivity index (χ0n) is 16.9. The van der Waals surface area contributed by atoms with E-state index < -0.39 is 15.9 Å². The summed E-state index contributed by atoms with van der Waals surface area (Å²) in [5.41, 5.74) is 0.910. The van der Waals surface area contributed by atoms with Gasteiger partial charge in [-0.3, -0.25) is 4.79 Å². The van der Waals surface area contributed by atoms with Crippen molar-refractivity contribution in [3.63, 3.8) is 0 Å². The van der Waals surface area contributed by atoms with E-state index in [1.807, 2.05) is 36.4 Å². The molecule has 2 N–H and O–H groups in total. The molecule has 0 aliphatic rings. The zero-order chi connectivity index (χ0) is 21.9. The number of nitrogens with one attached hydrogen (secondary N) is 2. The molecule has 0 fully saturated rings. The molecule has 0 spiro atoms. The molecular formula is C22H23ClN2O4S. The second-order valence-electron chi connectivity index (χ2n) is 7.07. The van der Waals surface area contributed by atoms with E-state index in [-0.39, 0.29) is 28.1 Å².